The molecule has 0 radical (unpaired) electrons. The van der Waals surface area contributed by atoms with Crippen LogP contribution in [0, 0.1) is 11.6 Å². The van der Waals surface area contributed by atoms with Crippen molar-refractivity contribution in [2.24, 2.45) is 0 Å². The summed E-state index contributed by atoms with van der Waals surface area (Å²) in [6.07, 6.45) is 0.562. The van der Waals surface area contributed by atoms with E-state index in [1.54, 1.807) is 6.07 Å². The van der Waals surface area contributed by atoms with Gasteiger partial charge in [0, 0.05) is 48.0 Å². The predicted molar refractivity (Wildman–Crippen MR) is 134 cm³/mol. The maximum atomic E-state index is 14.6. The van der Waals surface area contributed by atoms with Crippen LogP contribution in [0.3, 0.4) is 0 Å². The van der Waals surface area contributed by atoms with Gasteiger partial charge in [-0.05, 0) is 61.7 Å². The maximum absolute atomic E-state index is 14.6. The number of anilines is 1. The smallest absolute Gasteiger partial charge is 0.247 e. The Morgan fingerprint density at radius 1 is 1.03 bits per heavy atom. The number of piperazine rings is 1. The van der Waals surface area contributed by atoms with Gasteiger partial charge in [-0.3, -0.25) is 0 Å². The van der Waals surface area contributed by atoms with Crippen molar-refractivity contribution in [2.45, 2.75) is 11.3 Å². The van der Waals surface area contributed by atoms with Gasteiger partial charge in [0.15, 0.2) is 10.9 Å². The Balaban J connectivity index is 1.47. The second-order valence-electron chi connectivity index (χ2n) is 7.26. The second kappa shape index (κ2) is 10.0. The molecule has 1 aliphatic rings. The lowest BCUT2D eigenvalue weighted by Crippen LogP contribution is -2.49. The summed E-state index contributed by atoms with van der Waals surface area (Å²) < 4.78 is 55.2. The Morgan fingerprint density at radius 2 is 1.67 bits per heavy atom. The number of hydrogen-bond acceptors (Lipinski definition) is 5. The molecule has 1 aromatic heterocycles. The highest BCUT2D eigenvalue weighted by molar-refractivity contribution is 9.11. The molecule has 4 rings (SSSR count). The summed E-state index contributed by atoms with van der Waals surface area (Å²) in [5.41, 5.74) is 1.79. The number of thiazole rings is 1. The Bertz CT molecular complexity index is 1270. The van der Waals surface area contributed by atoms with Crippen LogP contribution >= 0.6 is 66.4 Å². The lowest BCUT2D eigenvalue weighted by molar-refractivity contribution is 0.381. The molecule has 2 heterocycles. The minimum Gasteiger partial charge on any atom is -0.345 e. The van der Waals surface area contributed by atoms with E-state index >= 15 is 0 Å². The molecular formula is C20H15Br2Cl2F2N3O2S2. The van der Waals surface area contributed by atoms with Crippen molar-refractivity contribution >= 4 is 81.6 Å². The third-order valence-electron chi connectivity index (χ3n) is 5.03. The average Bonchev–Trinajstić information content (AvgIpc) is 3.20. The van der Waals surface area contributed by atoms with Crippen LogP contribution in [-0.2, 0) is 16.4 Å². The van der Waals surface area contributed by atoms with Crippen molar-refractivity contribution in [1.29, 1.82) is 0 Å². The number of aromatic nitrogens is 1. The molecule has 13 heteroatoms. The average molecular weight is 662 g/mol. The molecule has 2 aromatic carbocycles. The van der Waals surface area contributed by atoms with Gasteiger partial charge in [-0.1, -0.05) is 23.2 Å². The molecule has 0 N–H and O–H groups in total. The van der Waals surface area contributed by atoms with Crippen LogP contribution in [-0.4, -0.2) is 43.9 Å². The topological polar surface area (TPSA) is 53.5 Å². The van der Waals surface area contributed by atoms with Gasteiger partial charge in [0.25, 0.3) is 0 Å². The van der Waals surface area contributed by atoms with E-state index in [1.807, 2.05) is 22.4 Å². The molecule has 33 heavy (non-hydrogen) atoms. The Kier molecular flexibility index (Phi) is 7.69. The summed E-state index contributed by atoms with van der Waals surface area (Å²) in [6.45, 7) is 0.956. The Hall–Kier alpha value is -0.820. The quantitative estimate of drug-likeness (QED) is 0.299. The molecule has 0 aliphatic carbocycles. The van der Waals surface area contributed by atoms with E-state index in [0.29, 0.717) is 29.6 Å². The molecule has 176 valence electrons. The Labute approximate surface area is 220 Å². The van der Waals surface area contributed by atoms with Crippen molar-refractivity contribution in [1.82, 2.24) is 9.29 Å². The van der Waals surface area contributed by atoms with E-state index in [1.165, 1.54) is 11.3 Å². The third-order valence-corrected chi connectivity index (χ3v) is 9.97. The molecular weight excluding hydrogens is 647 g/mol. The Morgan fingerprint density at radius 3 is 2.30 bits per heavy atom. The lowest BCUT2D eigenvalue weighted by Gasteiger charge is -2.34. The highest BCUT2D eigenvalue weighted by atomic mass is 79.9. The fourth-order valence-corrected chi connectivity index (χ4v) is 7.92. The van der Waals surface area contributed by atoms with Gasteiger partial charge in [0.1, 0.15) is 10.7 Å². The molecule has 1 saturated heterocycles. The largest absolute Gasteiger partial charge is 0.345 e. The standard InChI is InChI=1S/C20H15Br2Cl2F2N3O2S2/c21-15-9-16(25)17(22)19(18(15)26)33(30,31)29-3-1-28(2-4-29)20-27-14(10-32-20)7-11-5-12(23)8-13(24)6-11/h5-6,8-10H,1-4,7H2. The number of benzene rings is 2. The molecule has 1 aliphatic heterocycles. The summed E-state index contributed by atoms with van der Waals surface area (Å²) in [5, 5.41) is 3.80. The maximum Gasteiger partial charge on any atom is 0.247 e. The van der Waals surface area contributed by atoms with Crippen LogP contribution in [0.2, 0.25) is 10.0 Å². The van der Waals surface area contributed by atoms with Gasteiger partial charge < -0.3 is 4.90 Å². The molecule has 0 atom stereocenters. The minimum absolute atomic E-state index is 0.112. The van der Waals surface area contributed by atoms with Gasteiger partial charge in [0.05, 0.1) is 14.6 Å². The summed E-state index contributed by atoms with van der Waals surface area (Å²) in [5.74, 6) is -1.90. The number of sulfonamides is 1. The number of nitrogens with zero attached hydrogens (tertiary/aromatic N) is 3. The van der Waals surface area contributed by atoms with Crippen molar-refractivity contribution in [3.63, 3.8) is 0 Å². The molecule has 0 bridgehead atoms. The van der Waals surface area contributed by atoms with Crippen molar-refractivity contribution in [3.8, 4) is 0 Å². The van der Waals surface area contributed by atoms with Crippen LogP contribution in [0.15, 0.2) is 43.5 Å². The number of halogens is 6. The molecule has 1 fully saturated rings. The van der Waals surface area contributed by atoms with E-state index < -0.39 is 31.0 Å². The van der Waals surface area contributed by atoms with Gasteiger partial charge in [0.2, 0.25) is 10.0 Å². The van der Waals surface area contributed by atoms with Gasteiger partial charge in [-0.15, -0.1) is 11.3 Å². The fraction of sp³-hybridized carbons (Fsp3) is 0.250. The van der Waals surface area contributed by atoms with Gasteiger partial charge >= 0.3 is 0 Å². The van der Waals surface area contributed by atoms with Crippen LogP contribution in [0.4, 0.5) is 13.9 Å². The molecule has 0 unspecified atom stereocenters. The fourth-order valence-electron chi connectivity index (χ4n) is 3.47. The lowest BCUT2D eigenvalue weighted by atomic mass is 10.1. The van der Waals surface area contributed by atoms with Crippen LogP contribution in [0.25, 0.3) is 0 Å². The zero-order chi connectivity index (χ0) is 23.9. The molecule has 0 saturated carbocycles. The zero-order valence-corrected chi connectivity index (χ0v) is 23.0. The first-order valence-electron chi connectivity index (χ1n) is 9.53. The highest BCUT2D eigenvalue weighted by Gasteiger charge is 2.35. The molecule has 3 aromatic rings. The third kappa shape index (κ3) is 5.39. The van der Waals surface area contributed by atoms with E-state index in [0.717, 1.165) is 26.8 Å². The summed E-state index contributed by atoms with van der Waals surface area (Å²) in [7, 11) is -4.24. The summed E-state index contributed by atoms with van der Waals surface area (Å²) in [4.78, 5) is 5.91. The normalized spacial score (nSPS) is 15.3. The van der Waals surface area contributed by atoms with Crippen LogP contribution in [0.1, 0.15) is 11.3 Å². The van der Waals surface area contributed by atoms with Gasteiger partial charge in [-0.25, -0.2) is 22.2 Å². The number of hydrogen-bond donors (Lipinski definition) is 0. The zero-order valence-electron chi connectivity index (χ0n) is 16.7. The molecule has 5 nitrogen and oxygen atoms in total. The monoisotopic (exact) mass is 659 g/mol. The van der Waals surface area contributed by atoms with E-state index in [9.17, 15) is 17.2 Å². The SMILES string of the molecule is O=S(=O)(c1c(F)c(Br)cc(F)c1Br)N1CCN(c2nc(Cc3cc(Cl)cc(Cl)c3)cs2)CC1. The minimum atomic E-state index is -4.24. The van der Waals surface area contributed by atoms with Crippen molar-refractivity contribution in [3.05, 3.63) is 71.5 Å². The van der Waals surface area contributed by atoms with E-state index in [-0.39, 0.29) is 17.6 Å². The van der Waals surface area contributed by atoms with Gasteiger partial charge in [-0.2, -0.15) is 4.31 Å². The first kappa shape index (κ1) is 25.3. The van der Waals surface area contributed by atoms with E-state index in [4.69, 9.17) is 23.2 Å². The van der Waals surface area contributed by atoms with Crippen LogP contribution in [0.5, 0.6) is 0 Å². The van der Waals surface area contributed by atoms with Crippen LogP contribution < -0.4 is 4.90 Å². The molecule has 0 amide bonds. The highest BCUT2D eigenvalue weighted by Crippen LogP contribution is 2.35. The summed E-state index contributed by atoms with van der Waals surface area (Å²) >= 11 is 19.3. The van der Waals surface area contributed by atoms with E-state index in [2.05, 4.69) is 36.8 Å². The molecule has 0 spiro atoms. The number of rotatable bonds is 5. The predicted octanol–water partition coefficient (Wildman–Crippen LogP) is 6.35. The summed E-state index contributed by atoms with van der Waals surface area (Å²) in [6, 6.07) is 6.21. The second-order valence-corrected chi connectivity index (χ2v) is 12.5. The van der Waals surface area contributed by atoms with Crippen molar-refractivity contribution in [2.75, 3.05) is 31.1 Å². The van der Waals surface area contributed by atoms with Crippen molar-refractivity contribution < 1.29 is 17.2 Å². The first-order valence-corrected chi connectivity index (χ1v) is 14.2. The first-order chi connectivity index (χ1) is 15.6.